The number of benzene rings is 3. The molecule has 6 rings (SSSR count). The summed E-state index contributed by atoms with van der Waals surface area (Å²) in [6, 6.07) is 22.6. The Morgan fingerprint density at radius 3 is 2.53 bits per heavy atom. The van der Waals surface area contributed by atoms with Gasteiger partial charge in [0.05, 0.1) is 10.6 Å². The van der Waals surface area contributed by atoms with Crippen LogP contribution in [0.4, 0.5) is 11.4 Å². The van der Waals surface area contributed by atoms with Crippen LogP contribution in [0.1, 0.15) is 35.1 Å². The van der Waals surface area contributed by atoms with Crippen LogP contribution < -0.4 is 4.90 Å². The van der Waals surface area contributed by atoms with E-state index < -0.39 is 0 Å². The van der Waals surface area contributed by atoms with Gasteiger partial charge in [-0.05, 0) is 97.5 Å². The highest BCUT2D eigenvalue weighted by Crippen LogP contribution is 2.36. The van der Waals surface area contributed by atoms with Crippen molar-refractivity contribution in [3.63, 3.8) is 0 Å². The van der Waals surface area contributed by atoms with Gasteiger partial charge in [0, 0.05) is 42.4 Å². The summed E-state index contributed by atoms with van der Waals surface area (Å²) < 4.78 is 0. The van der Waals surface area contributed by atoms with Gasteiger partial charge in [0.1, 0.15) is 0 Å². The molecule has 192 valence electrons. The normalized spacial score (nSPS) is 18.0. The van der Waals surface area contributed by atoms with E-state index in [1.807, 2.05) is 41.3 Å². The van der Waals surface area contributed by atoms with Gasteiger partial charge in [0.25, 0.3) is 5.91 Å². The Balaban J connectivity index is 1.31. The lowest BCUT2D eigenvalue weighted by atomic mass is 10.0. The topological polar surface area (TPSA) is 51.7 Å². The molecule has 0 spiro atoms. The molecule has 2 aliphatic rings. The molecule has 2 aliphatic heterocycles. The predicted molar refractivity (Wildman–Crippen MR) is 160 cm³/mol. The highest BCUT2D eigenvalue weighted by Gasteiger charge is 2.33. The zero-order chi connectivity index (χ0) is 26.1. The maximum atomic E-state index is 13.7. The first kappa shape index (κ1) is 24.6. The number of hydrogen-bond donors (Lipinski definition) is 1. The molecule has 1 amide bonds. The van der Waals surface area contributed by atoms with Crippen LogP contribution in [0.3, 0.4) is 0 Å². The predicted octanol–water partition coefficient (Wildman–Crippen LogP) is 7.23. The number of aromatic nitrogens is 1. The van der Waals surface area contributed by atoms with E-state index in [0.717, 1.165) is 46.4 Å². The number of thioether (sulfide) groups is 1. The number of amides is 1. The molecule has 38 heavy (non-hydrogen) atoms. The zero-order valence-electron chi connectivity index (χ0n) is 21.9. The summed E-state index contributed by atoms with van der Waals surface area (Å²) in [6.45, 7) is 7.19. The van der Waals surface area contributed by atoms with Gasteiger partial charge in [-0.2, -0.15) is 0 Å². The van der Waals surface area contributed by atoms with E-state index >= 15 is 0 Å². The summed E-state index contributed by atoms with van der Waals surface area (Å²) in [5.74, 6) is 0.0187. The Hall–Kier alpha value is -3.77. The lowest BCUT2D eigenvalue weighted by Crippen LogP contribution is -2.31. The van der Waals surface area contributed by atoms with E-state index in [-0.39, 0.29) is 5.91 Å². The molecule has 2 fully saturated rings. The van der Waals surface area contributed by atoms with Crippen molar-refractivity contribution in [3.8, 4) is 0 Å². The molecule has 3 aromatic carbocycles. The fourth-order valence-electron chi connectivity index (χ4n) is 5.40. The molecule has 2 saturated heterocycles. The molecule has 0 bridgehead atoms. The molecule has 1 N–H and O–H groups in total. The summed E-state index contributed by atoms with van der Waals surface area (Å²) >= 11 is 1.47. The van der Waals surface area contributed by atoms with Gasteiger partial charge in [0.15, 0.2) is 5.17 Å². The number of nitrogens with one attached hydrogen (secondary N) is 1. The van der Waals surface area contributed by atoms with Gasteiger partial charge >= 0.3 is 0 Å². The third-order valence-electron chi connectivity index (χ3n) is 7.68. The number of rotatable bonds is 6. The van der Waals surface area contributed by atoms with E-state index in [1.54, 1.807) is 0 Å². The van der Waals surface area contributed by atoms with Gasteiger partial charge < -0.3 is 9.88 Å². The van der Waals surface area contributed by atoms with Gasteiger partial charge in [-0.1, -0.05) is 42.5 Å². The first-order valence-electron chi connectivity index (χ1n) is 13.3. The van der Waals surface area contributed by atoms with Crippen LogP contribution in [-0.2, 0) is 11.2 Å². The average molecular weight is 521 g/mol. The zero-order valence-corrected chi connectivity index (χ0v) is 22.7. The minimum Gasteiger partial charge on any atom is -0.371 e. The molecule has 0 aliphatic carbocycles. The second kappa shape index (κ2) is 10.5. The van der Waals surface area contributed by atoms with Crippen LogP contribution in [0.2, 0.25) is 0 Å². The third kappa shape index (κ3) is 4.76. The fraction of sp³-hybridized carbons (Fsp3) is 0.250. The monoisotopic (exact) mass is 520 g/mol. The number of nitrogens with zero attached hydrogens (tertiary/aromatic N) is 3. The highest BCUT2D eigenvalue weighted by atomic mass is 32.2. The number of anilines is 1. The second-order valence-corrected chi connectivity index (χ2v) is 11.0. The summed E-state index contributed by atoms with van der Waals surface area (Å²) in [5, 5.41) is 1.93. The SMILES string of the molecule is Cc1c(C=C2SC(=Nc3ccccc3)N(CCc3c[nH]c4ccccc34)C2=O)ccc(N2CCCC2)c1C. The maximum absolute atomic E-state index is 13.7. The van der Waals surface area contributed by atoms with Crippen molar-refractivity contribution in [2.24, 2.45) is 4.99 Å². The minimum atomic E-state index is 0.0187. The van der Waals surface area contributed by atoms with Crippen LogP contribution in [0, 0.1) is 13.8 Å². The number of fused-ring (bicyclic) bond motifs is 1. The quantitative estimate of drug-likeness (QED) is 0.273. The minimum absolute atomic E-state index is 0.0187. The Morgan fingerprint density at radius 2 is 1.71 bits per heavy atom. The van der Waals surface area contributed by atoms with Crippen LogP contribution in [0.5, 0.6) is 0 Å². The molecule has 0 saturated carbocycles. The fourth-order valence-corrected chi connectivity index (χ4v) is 6.41. The maximum Gasteiger partial charge on any atom is 0.266 e. The molecule has 4 aromatic rings. The van der Waals surface area contributed by atoms with Gasteiger partial charge in [0.2, 0.25) is 0 Å². The van der Waals surface area contributed by atoms with Crippen molar-refractivity contribution < 1.29 is 4.79 Å². The standard InChI is InChI=1S/C32H32N4OS/c1-22-23(2)29(35-17-8-9-18-35)15-14-24(22)20-30-31(37)36(32(38-30)34-26-10-4-3-5-11-26)19-16-25-21-33-28-13-7-6-12-27(25)28/h3-7,10-15,20-21,33H,8-9,16-19H2,1-2H3. The van der Waals surface area contributed by atoms with Crippen molar-refractivity contribution >= 4 is 51.2 Å². The molecular weight excluding hydrogens is 488 g/mol. The first-order valence-corrected chi connectivity index (χ1v) is 14.2. The van der Waals surface area contributed by atoms with Gasteiger partial charge in [-0.25, -0.2) is 4.99 Å². The summed E-state index contributed by atoms with van der Waals surface area (Å²) in [4.78, 5) is 27.0. The molecule has 1 aromatic heterocycles. The van der Waals surface area contributed by atoms with Crippen molar-refractivity contribution in [1.29, 1.82) is 0 Å². The number of carbonyl (C=O) groups excluding carboxylic acids is 1. The van der Waals surface area contributed by atoms with Crippen LogP contribution in [0.15, 0.2) is 82.8 Å². The first-order chi connectivity index (χ1) is 18.6. The molecule has 3 heterocycles. The Bertz CT molecular complexity index is 1550. The molecular formula is C32H32N4OS. The van der Waals surface area contributed by atoms with Crippen molar-refractivity contribution in [2.75, 3.05) is 24.5 Å². The lowest BCUT2D eigenvalue weighted by Gasteiger charge is -2.22. The number of carbonyl (C=O) groups is 1. The van der Waals surface area contributed by atoms with E-state index in [2.05, 4.69) is 66.3 Å². The number of H-pyrrole nitrogens is 1. The van der Waals surface area contributed by atoms with Crippen LogP contribution >= 0.6 is 11.8 Å². The number of aliphatic imine (C=N–C) groups is 1. The van der Waals surface area contributed by atoms with Crippen LogP contribution in [-0.4, -0.2) is 40.6 Å². The summed E-state index contributed by atoms with van der Waals surface area (Å²) in [7, 11) is 0. The van der Waals surface area contributed by atoms with Gasteiger partial charge in [-0.3, -0.25) is 9.69 Å². The molecule has 0 unspecified atom stereocenters. The van der Waals surface area contributed by atoms with Crippen molar-refractivity contribution in [3.05, 3.63) is 100 Å². The number of hydrogen-bond acceptors (Lipinski definition) is 4. The van der Waals surface area contributed by atoms with Crippen LogP contribution in [0.25, 0.3) is 17.0 Å². The van der Waals surface area contributed by atoms with Gasteiger partial charge in [-0.15, -0.1) is 0 Å². The van der Waals surface area contributed by atoms with E-state index in [0.29, 0.717) is 6.54 Å². The number of para-hydroxylation sites is 2. The van der Waals surface area contributed by atoms with E-state index in [1.165, 1.54) is 52.4 Å². The highest BCUT2D eigenvalue weighted by molar-refractivity contribution is 8.18. The largest absolute Gasteiger partial charge is 0.371 e. The second-order valence-electron chi connectivity index (χ2n) is 10.0. The summed E-state index contributed by atoms with van der Waals surface area (Å²) in [6.07, 6.45) is 7.37. The molecule has 5 nitrogen and oxygen atoms in total. The Morgan fingerprint density at radius 1 is 0.947 bits per heavy atom. The lowest BCUT2D eigenvalue weighted by molar-refractivity contribution is -0.122. The Kier molecular flexibility index (Phi) is 6.81. The number of amidine groups is 1. The Labute approximate surface area is 228 Å². The average Bonchev–Trinajstić information content (AvgIpc) is 3.67. The molecule has 6 heteroatoms. The van der Waals surface area contributed by atoms with E-state index in [4.69, 9.17) is 4.99 Å². The third-order valence-corrected chi connectivity index (χ3v) is 8.69. The summed E-state index contributed by atoms with van der Waals surface area (Å²) in [5.41, 5.74) is 8.12. The van der Waals surface area contributed by atoms with Crippen molar-refractivity contribution in [1.82, 2.24) is 9.88 Å². The van der Waals surface area contributed by atoms with E-state index in [9.17, 15) is 4.79 Å². The molecule has 0 atom stereocenters. The molecule has 0 radical (unpaired) electrons. The van der Waals surface area contributed by atoms with Crippen molar-refractivity contribution in [2.45, 2.75) is 33.1 Å². The number of aromatic amines is 1. The smallest absolute Gasteiger partial charge is 0.266 e.